The number of carbonyl (C=O) groups is 2. The smallest absolute Gasteiger partial charge is 0.241 e. The van der Waals surface area contributed by atoms with E-state index in [4.69, 9.17) is 9.15 Å². The van der Waals surface area contributed by atoms with Gasteiger partial charge in [-0.3, -0.25) is 14.5 Å². The zero-order chi connectivity index (χ0) is 21.3. The molecular weight excluding hydrogens is 448 g/mol. The third-order valence-electron chi connectivity index (χ3n) is 5.41. The SMILES string of the molecule is CC(=O)c1oc2ccccc2c1NC(=O)[C@@H](C)N1CCO[C@@H](c2cccc(Br)c2)C1. The van der Waals surface area contributed by atoms with Gasteiger partial charge in [-0.1, -0.05) is 40.2 Å². The first-order valence-electron chi connectivity index (χ1n) is 9.88. The van der Waals surface area contributed by atoms with Crippen molar-refractivity contribution < 1.29 is 18.7 Å². The van der Waals surface area contributed by atoms with E-state index in [1.54, 1.807) is 6.07 Å². The molecule has 6 nitrogen and oxygen atoms in total. The number of amides is 1. The van der Waals surface area contributed by atoms with Crippen molar-refractivity contribution in [2.24, 2.45) is 0 Å². The first kappa shape index (κ1) is 20.8. The van der Waals surface area contributed by atoms with E-state index < -0.39 is 6.04 Å². The summed E-state index contributed by atoms with van der Waals surface area (Å²) < 4.78 is 12.6. The van der Waals surface area contributed by atoms with E-state index in [1.165, 1.54) is 6.92 Å². The number of hydrogen-bond donors (Lipinski definition) is 1. The summed E-state index contributed by atoms with van der Waals surface area (Å²) in [4.78, 5) is 27.2. The fourth-order valence-electron chi connectivity index (χ4n) is 3.74. The summed E-state index contributed by atoms with van der Waals surface area (Å²) in [5, 5.41) is 3.65. The molecule has 1 aromatic heterocycles. The van der Waals surface area contributed by atoms with Crippen LogP contribution in [0.5, 0.6) is 0 Å². The molecule has 3 aromatic rings. The third-order valence-corrected chi connectivity index (χ3v) is 5.90. The van der Waals surface area contributed by atoms with Gasteiger partial charge in [-0.05, 0) is 36.8 Å². The van der Waals surface area contributed by atoms with E-state index in [0.29, 0.717) is 31.0 Å². The number of nitrogens with zero attached hydrogens (tertiary/aromatic N) is 1. The first-order valence-corrected chi connectivity index (χ1v) is 10.7. The van der Waals surface area contributed by atoms with Crippen LogP contribution >= 0.6 is 15.9 Å². The number of anilines is 1. The highest BCUT2D eigenvalue weighted by Crippen LogP contribution is 2.32. The summed E-state index contributed by atoms with van der Waals surface area (Å²) in [6, 6.07) is 14.9. The molecule has 1 fully saturated rings. The van der Waals surface area contributed by atoms with Gasteiger partial charge in [0.15, 0.2) is 11.5 Å². The van der Waals surface area contributed by atoms with E-state index in [1.807, 2.05) is 49.4 Å². The van der Waals surface area contributed by atoms with Crippen LogP contribution in [0.25, 0.3) is 11.0 Å². The Bertz CT molecular complexity index is 1090. The number of morpholine rings is 1. The van der Waals surface area contributed by atoms with Crippen LogP contribution in [0.15, 0.2) is 57.4 Å². The Hall–Kier alpha value is -2.48. The summed E-state index contributed by atoms with van der Waals surface area (Å²) in [6.45, 7) is 5.11. The van der Waals surface area contributed by atoms with Crippen LogP contribution in [-0.2, 0) is 9.53 Å². The average Bonchev–Trinajstić information content (AvgIpc) is 3.12. The predicted molar refractivity (Wildman–Crippen MR) is 119 cm³/mol. The Morgan fingerprint density at radius 2 is 2.00 bits per heavy atom. The summed E-state index contributed by atoms with van der Waals surface area (Å²) in [7, 11) is 0. The monoisotopic (exact) mass is 470 g/mol. The van der Waals surface area contributed by atoms with Gasteiger partial charge in [-0.25, -0.2) is 0 Å². The number of benzene rings is 2. The molecule has 0 spiro atoms. The number of ketones is 1. The highest BCUT2D eigenvalue weighted by atomic mass is 79.9. The van der Waals surface area contributed by atoms with Crippen LogP contribution in [0.2, 0.25) is 0 Å². The normalized spacial score (nSPS) is 18.3. The second-order valence-electron chi connectivity index (χ2n) is 7.43. The Kier molecular flexibility index (Phi) is 6.04. The third kappa shape index (κ3) is 4.19. The van der Waals surface area contributed by atoms with Gasteiger partial charge in [0, 0.05) is 29.9 Å². The van der Waals surface area contributed by atoms with E-state index in [9.17, 15) is 9.59 Å². The van der Waals surface area contributed by atoms with E-state index in [0.717, 1.165) is 15.4 Å². The molecule has 1 saturated heterocycles. The molecule has 1 N–H and O–H groups in total. The molecule has 0 radical (unpaired) electrons. The number of carbonyl (C=O) groups excluding carboxylic acids is 2. The van der Waals surface area contributed by atoms with Crippen molar-refractivity contribution in [2.75, 3.05) is 25.0 Å². The van der Waals surface area contributed by atoms with E-state index in [-0.39, 0.29) is 23.6 Å². The summed E-state index contributed by atoms with van der Waals surface area (Å²) in [5.41, 5.74) is 2.08. The molecule has 30 heavy (non-hydrogen) atoms. The Balaban J connectivity index is 1.52. The van der Waals surface area contributed by atoms with Crippen LogP contribution in [-0.4, -0.2) is 42.3 Å². The number of fused-ring (bicyclic) bond motifs is 1. The largest absolute Gasteiger partial charge is 0.451 e. The fraction of sp³-hybridized carbons (Fsp3) is 0.304. The molecule has 1 aliphatic rings. The number of furan rings is 1. The highest BCUT2D eigenvalue weighted by Gasteiger charge is 2.30. The van der Waals surface area contributed by atoms with E-state index >= 15 is 0 Å². The molecule has 0 aliphatic carbocycles. The van der Waals surface area contributed by atoms with Gasteiger partial charge in [-0.2, -0.15) is 0 Å². The lowest BCUT2D eigenvalue weighted by Crippen LogP contribution is -2.48. The van der Waals surface area contributed by atoms with Crippen molar-refractivity contribution in [2.45, 2.75) is 26.0 Å². The first-order chi connectivity index (χ1) is 14.4. The molecule has 156 valence electrons. The lowest BCUT2D eigenvalue weighted by molar-refractivity contribution is -0.124. The zero-order valence-electron chi connectivity index (χ0n) is 16.9. The number of hydrogen-bond acceptors (Lipinski definition) is 5. The number of rotatable bonds is 5. The fourth-order valence-corrected chi connectivity index (χ4v) is 4.16. The Labute approximate surface area is 183 Å². The molecule has 0 saturated carbocycles. The summed E-state index contributed by atoms with van der Waals surface area (Å²) in [5.74, 6) is -0.236. The van der Waals surface area contributed by atoms with Crippen molar-refractivity contribution in [1.82, 2.24) is 4.90 Å². The number of para-hydroxylation sites is 1. The molecule has 4 rings (SSSR count). The maximum atomic E-state index is 13.1. The summed E-state index contributed by atoms with van der Waals surface area (Å²) in [6.07, 6.45) is -0.103. The quantitative estimate of drug-likeness (QED) is 0.542. The molecule has 0 unspecified atom stereocenters. The molecule has 0 bridgehead atoms. The van der Waals surface area contributed by atoms with Gasteiger partial charge < -0.3 is 14.5 Å². The Morgan fingerprint density at radius 3 is 2.77 bits per heavy atom. The predicted octanol–water partition coefficient (Wildman–Crippen LogP) is 4.80. The topological polar surface area (TPSA) is 71.8 Å². The van der Waals surface area contributed by atoms with Gasteiger partial charge in [0.25, 0.3) is 0 Å². The molecule has 2 atom stereocenters. The van der Waals surface area contributed by atoms with Gasteiger partial charge in [0.2, 0.25) is 5.91 Å². The minimum atomic E-state index is -0.392. The minimum absolute atomic E-state index is 0.103. The van der Waals surface area contributed by atoms with Crippen molar-refractivity contribution in [1.29, 1.82) is 0 Å². The van der Waals surface area contributed by atoms with Crippen LogP contribution in [0.4, 0.5) is 5.69 Å². The maximum Gasteiger partial charge on any atom is 0.241 e. The van der Waals surface area contributed by atoms with Crippen LogP contribution in [0, 0.1) is 0 Å². The molecule has 2 heterocycles. The minimum Gasteiger partial charge on any atom is -0.451 e. The van der Waals surface area contributed by atoms with Crippen molar-refractivity contribution in [3.63, 3.8) is 0 Å². The molecule has 2 aromatic carbocycles. The van der Waals surface area contributed by atoms with Crippen LogP contribution in [0.3, 0.4) is 0 Å². The number of halogens is 1. The van der Waals surface area contributed by atoms with Crippen molar-refractivity contribution >= 4 is 44.3 Å². The van der Waals surface area contributed by atoms with Crippen molar-refractivity contribution in [3.8, 4) is 0 Å². The standard InChI is InChI=1S/C23H23BrN2O4/c1-14(26-10-11-29-20(13-26)16-6-5-7-17(24)12-16)23(28)25-21-18-8-3-4-9-19(18)30-22(21)15(2)27/h3-9,12,14,20H,10-11,13H2,1-2H3,(H,25,28)/t14-,20-/m1/s1. The highest BCUT2D eigenvalue weighted by molar-refractivity contribution is 9.10. The van der Waals surface area contributed by atoms with Crippen LogP contribution < -0.4 is 5.32 Å². The van der Waals surface area contributed by atoms with Crippen LogP contribution in [0.1, 0.15) is 36.1 Å². The number of nitrogens with one attached hydrogen (secondary N) is 1. The molecule has 1 aliphatic heterocycles. The van der Waals surface area contributed by atoms with Gasteiger partial charge in [0.05, 0.1) is 24.4 Å². The lowest BCUT2D eigenvalue weighted by Gasteiger charge is -2.36. The Morgan fingerprint density at radius 1 is 1.20 bits per heavy atom. The molecule has 7 heteroatoms. The van der Waals surface area contributed by atoms with Gasteiger partial charge in [-0.15, -0.1) is 0 Å². The average molecular weight is 471 g/mol. The second-order valence-corrected chi connectivity index (χ2v) is 8.35. The van der Waals surface area contributed by atoms with E-state index in [2.05, 4.69) is 26.1 Å². The lowest BCUT2D eigenvalue weighted by atomic mass is 10.1. The molecule has 1 amide bonds. The van der Waals surface area contributed by atoms with Gasteiger partial charge >= 0.3 is 0 Å². The number of Topliss-reactive ketones (excluding diaryl/α,β-unsaturated/α-hetero) is 1. The van der Waals surface area contributed by atoms with Gasteiger partial charge in [0.1, 0.15) is 5.58 Å². The van der Waals surface area contributed by atoms with Crippen molar-refractivity contribution in [3.05, 3.63) is 64.3 Å². The number of ether oxygens (including phenoxy) is 1. The summed E-state index contributed by atoms with van der Waals surface area (Å²) >= 11 is 3.50. The maximum absolute atomic E-state index is 13.1. The molecular formula is C23H23BrN2O4. The second kappa shape index (κ2) is 8.71. The zero-order valence-corrected chi connectivity index (χ0v) is 18.4.